The van der Waals surface area contributed by atoms with Gasteiger partial charge in [-0.1, -0.05) is 18.7 Å². The number of aromatic nitrogens is 3. The highest BCUT2D eigenvalue weighted by Gasteiger charge is 2.13. The van der Waals surface area contributed by atoms with Gasteiger partial charge in [0.2, 0.25) is 0 Å². The summed E-state index contributed by atoms with van der Waals surface area (Å²) in [5.74, 6) is 0.900. The molecule has 0 aliphatic carbocycles. The van der Waals surface area contributed by atoms with Crippen LogP contribution < -0.4 is 0 Å². The number of rotatable bonds is 4. The molecule has 0 aliphatic rings. The van der Waals surface area contributed by atoms with Crippen molar-refractivity contribution in [2.24, 2.45) is 7.05 Å². The summed E-state index contributed by atoms with van der Waals surface area (Å²) in [4.78, 5) is 4.45. The molecule has 6 heteroatoms. The Balaban J connectivity index is 2.11. The van der Waals surface area contributed by atoms with E-state index in [4.69, 9.17) is 0 Å². The fourth-order valence-corrected chi connectivity index (χ4v) is 4.36. The summed E-state index contributed by atoms with van der Waals surface area (Å²) in [6.07, 6.45) is 0.954. The molecule has 2 rings (SSSR count). The molecule has 0 spiro atoms. The van der Waals surface area contributed by atoms with Crippen LogP contribution >= 0.6 is 39.0 Å². The van der Waals surface area contributed by atoms with Crippen LogP contribution in [0.15, 0.2) is 14.2 Å². The molecule has 0 saturated heterocycles. The first kappa shape index (κ1) is 13.1. The molecule has 2 aromatic heterocycles. The average molecular weight is 332 g/mol. The Morgan fingerprint density at radius 3 is 2.82 bits per heavy atom. The molecule has 0 N–H and O–H groups in total. The molecule has 0 fully saturated rings. The van der Waals surface area contributed by atoms with Crippen LogP contribution in [0.2, 0.25) is 0 Å². The second kappa shape index (κ2) is 5.54. The summed E-state index contributed by atoms with van der Waals surface area (Å²) in [5, 5.41) is 6.57. The molecule has 0 bridgehead atoms. The maximum atomic E-state index is 4.49. The van der Waals surface area contributed by atoms with Crippen molar-refractivity contribution in [2.75, 3.05) is 0 Å². The molecule has 0 unspecified atom stereocenters. The van der Waals surface area contributed by atoms with E-state index in [9.17, 15) is 0 Å². The molecule has 0 aromatic carbocycles. The SMILES string of the molecule is CCc1nn(C)c(CSc2nc(C)cs2)c1Br. The molecule has 0 radical (unpaired) electrons. The highest BCUT2D eigenvalue weighted by atomic mass is 79.9. The lowest BCUT2D eigenvalue weighted by atomic mass is 10.3. The monoisotopic (exact) mass is 331 g/mol. The van der Waals surface area contributed by atoms with E-state index in [1.807, 2.05) is 18.7 Å². The smallest absolute Gasteiger partial charge is 0.150 e. The van der Waals surface area contributed by atoms with Gasteiger partial charge in [0.1, 0.15) is 4.34 Å². The predicted octanol–water partition coefficient (Wildman–Crippen LogP) is 3.80. The Bertz CT molecular complexity index is 519. The molecule has 2 heterocycles. The van der Waals surface area contributed by atoms with Crippen molar-refractivity contribution < 1.29 is 0 Å². The van der Waals surface area contributed by atoms with Crippen molar-refractivity contribution in [3.05, 3.63) is 26.9 Å². The van der Waals surface area contributed by atoms with Gasteiger partial charge in [0, 0.05) is 23.9 Å². The fourth-order valence-electron chi connectivity index (χ4n) is 1.51. The second-order valence-corrected chi connectivity index (χ2v) is 6.60. The number of aryl methyl sites for hydroxylation is 3. The van der Waals surface area contributed by atoms with E-state index in [2.05, 4.69) is 38.3 Å². The average Bonchev–Trinajstić information content (AvgIpc) is 2.82. The van der Waals surface area contributed by atoms with Crippen molar-refractivity contribution >= 4 is 39.0 Å². The normalized spacial score (nSPS) is 11.1. The minimum Gasteiger partial charge on any atom is -0.270 e. The van der Waals surface area contributed by atoms with E-state index in [-0.39, 0.29) is 0 Å². The van der Waals surface area contributed by atoms with Gasteiger partial charge in [-0.25, -0.2) is 4.98 Å². The van der Waals surface area contributed by atoms with Gasteiger partial charge in [-0.15, -0.1) is 11.3 Å². The van der Waals surface area contributed by atoms with Gasteiger partial charge in [0.25, 0.3) is 0 Å². The number of hydrogen-bond donors (Lipinski definition) is 0. The summed E-state index contributed by atoms with van der Waals surface area (Å²) >= 11 is 7.09. The highest BCUT2D eigenvalue weighted by molar-refractivity contribution is 9.10. The van der Waals surface area contributed by atoms with Gasteiger partial charge >= 0.3 is 0 Å². The Morgan fingerprint density at radius 2 is 2.29 bits per heavy atom. The zero-order chi connectivity index (χ0) is 12.4. The van der Waals surface area contributed by atoms with Crippen molar-refractivity contribution in [3.63, 3.8) is 0 Å². The molecule has 2 aromatic rings. The zero-order valence-corrected chi connectivity index (χ0v) is 13.2. The standard InChI is InChI=1S/C11H14BrN3S2/c1-4-8-10(12)9(15(3)14-8)6-17-11-13-7(2)5-16-11/h5H,4,6H2,1-3H3. The van der Waals surface area contributed by atoms with E-state index in [1.54, 1.807) is 23.1 Å². The summed E-state index contributed by atoms with van der Waals surface area (Å²) in [6.45, 7) is 4.14. The van der Waals surface area contributed by atoms with Gasteiger partial charge in [-0.3, -0.25) is 4.68 Å². The molecule has 0 saturated carbocycles. The van der Waals surface area contributed by atoms with Crippen molar-refractivity contribution in [1.29, 1.82) is 0 Å². The zero-order valence-electron chi connectivity index (χ0n) is 10.0. The van der Waals surface area contributed by atoms with Gasteiger partial charge in [-0.05, 0) is 29.3 Å². The number of halogens is 1. The van der Waals surface area contributed by atoms with Crippen molar-refractivity contribution in [1.82, 2.24) is 14.8 Å². The van der Waals surface area contributed by atoms with Crippen LogP contribution in [0.3, 0.4) is 0 Å². The molecule has 92 valence electrons. The Hall–Kier alpha value is -0.330. The maximum absolute atomic E-state index is 4.49. The van der Waals surface area contributed by atoms with Crippen molar-refractivity contribution in [2.45, 2.75) is 30.4 Å². The lowest BCUT2D eigenvalue weighted by molar-refractivity contribution is 0.719. The molecule has 0 aliphatic heterocycles. The summed E-state index contributed by atoms with van der Waals surface area (Å²) in [7, 11) is 1.99. The number of nitrogens with zero attached hydrogens (tertiary/aromatic N) is 3. The summed E-state index contributed by atoms with van der Waals surface area (Å²) in [6, 6.07) is 0. The van der Waals surface area contributed by atoms with Crippen LogP contribution in [0.5, 0.6) is 0 Å². The first-order chi connectivity index (χ1) is 8.11. The van der Waals surface area contributed by atoms with Crippen LogP contribution in [-0.4, -0.2) is 14.8 Å². The van der Waals surface area contributed by atoms with Crippen LogP contribution in [0.4, 0.5) is 0 Å². The van der Waals surface area contributed by atoms with Crippen LogP contribution in [0.1, 0.15) is 24.0 Å². The Kier molecular flexibility index (Phi) is 4.27. The predicted molar refractivity (Wildman–Crippen MR) is 76.7 cm³/mol. The lowest BCUT2D eigenvalue weighted by Gasteiger charge is -2.00. The first-order valence-electron chi connectivity index (χ1n) is 5.37. The summed E-state index contributed by atoms with van der Waals surface area (Å²) < 4.78 is 4.22. The molecule has 0 amide bonds. The van der Waals surface area contributed by atoms with Crippen LogP contribution in [0.25, 0.3) is 0 Å². The maximum Gasteiger partial charge on any atom is 0.150 e. The van der Waals surface area contributed by atoms with Gasteiger partial charge in [-0.2, -0.15) is 5.10 Å². The van der Waals surface area contributed by atoms with E-state index in [1.165, 1.54) is 5.69 Å². The topological polar surface area (TPSA) is 30.7 Å². The van der Waals surface area contributed by atoms with Gasteiger partial charge < -0.3 is 0 Å². The van der Waals surface area contributed by atoms with E-state index in [0.717, 1.165) is 32.4 Å². The first-order valence-corrected chi connectivity index (χ1v) is 8.02. The van der Waals surface area contributed by atoms with Crippen molar-refractivity contribution in [3.8, 4) is 0 Å². The largest absolute Gasteiger partial charge is 0.270 e. The third kappa shape index (κ3) is 2.92. The van der Waals surface area contributed by atoms with E-state index >= 15 is 0 Å². The third-order valence-corrected chi connectivity index (χ3v) is 5.50. The van der Waals surface area contributed by atoms with Crippen LogP contribution in [-0.2, 0) is 19.2 Å². The van der Waals surface area contributed by atoms with Gasteiger partial charge in [0.15, 0.2) is 0 Å². The third-order valence-electron chi connectivity index (χ3n) is 2.43. The molecule has 3 nitrogen and oxygen atoms in total. The second-order valence-electron chi connectivity index (χ2n) is 3.73. The molecule has 0 atom stereocenters. The Morgan fingerprint density at radius 1 is 1.53 bits per heavy atom. The number of hydrogen-bond acceptors (Lipinski definition) is 4. The van der Waals surface area contributed by atoms with Gasteiger partial charge in [0.05, 0.1) is 15.9 Å². The van der Waals surface area contributed by atoms with E-state index < -0.39 is 0 Å². The number of thioether (sulfide) groups is 1. The quantitative estimate of drug-likeness (QED) is 0.798. The lowest BCUT2D eigenvalue weighted by Crippen LogP contribution is -1.96. The molecule has 17 heavy (non-hydrogen) atoms. The van der Waals surface area contributed by atoms with Crippen LogP contribution in [0, 0.1) is 6.92 Å². The summed E-state index contributed by atoms with van der Waals surface area (Å²) in [5.41, 5.74) is 3.44. The minimum absolute atomic E-state index is 0.900. The molecular weight excluding hydrogens is 318 g/mol. The highest BCUT2D eigenvalue weighted by Crippen LogP contribution is 2.30. The minimum atomic E-state index is 0.900. The fraction of sp³-hybridized carbons (Fsp3) is 0.455. The Labute approximate surface area is 118 Å². The van der Waals surface area contributed by atoms with E-state index in [0.29, 0.717) is 0 Å². The number of thiazole rings is 1. The molecular formula is C11H14BrN3S2.